The van der Waals surface area contributed by atoms with Gasteiger partial charge >= 0.3 is 0 Å². The fraction of sp³-hybridized carbons (Fsp3) is 0.571. The molecular formula is C14H21N. The molecule has 1 saturated carbocycles. The molecule has 0 heterocycles. The van der Waals surface area contributed by atoms with Crippen LogP contribution in [0, 0.1) is 11.3 Å². The molecule has 0 aliphatic heterocycles. The van der Waals surface area contributed by atoms with Crippen LogP contribution in [0.1, 0.15) is 31.7 Å². The Labute approximate surface area is 92.7 Å². The first-order chi connectivity index (χ1) is 7.24. The Bertz CT molecular complexity index is 306. The molecule has 15 heavy (non-hydrogen) atoms. The van der Waals surface area contributed by atoms with E-state index in [9.17, 15) is 0 Å². The van der Waals surface area contributed by atoms with E-state index in [2.05, 4.69) is 37.3 Å². The average molecular weight is 203 g/mol. The van der Waals surface area contributed by atoms with E-state index in [4.69, 9.17) is 5.73 Å². The molecule has 2 atom stereocenters. The van der Waals surface area contributed by atoms with Gasteiger partial charge in [0.25, 0.3) is 0 Å². The van der Waals surface area contributed by atoms with Gasteiger partial charge in [-0.3, -0.25) is 0 Å². The number of benzene rings is 1. The van der Waals surface area contributed by atoms with Crippen LogP contribution in [0.3, 0.4) is 0 Å². The van der Waals surface area contributed by atoms with Gasteiger partial charge < -0.3 is 5.73 Å². The third-order valence-electron chi connectivity index (χ3n) is 3.80. The van der Waals surface area contributed by atoms with Crippen LogP contribution in [-0.4, -0.2) is 6.54 Å². The van der Waals surface area contributed by atoms with Crippen molar-refractivity contribution in [3.8, 4) is 0 Å². The first kappa shape index (κ1) is 10.7. The van der Waals surface area contributed by atoms with Gasteiger partial charge in [0.15, 0.2) is 0 Å². The van der Waals surface area contributed by atoms with Gasteiger partial charge in [-0.2, -0.15) is 0 Å². The van der Waals surface area contributed by atoms with Crippen LogP contribution in [0.15, 0.2) is 30.3 Å². The molecule has 1 aliphatic carbocycles. The Hall–Kier alpha value is -0.820. The predicted molar refractivity (Wildman–Crippen MR) is 64.6 cm³/mol. The molecule has 0 amide bonds. The SMILES string of the molecule is CC1CCC(CN)(Cc2ccccc2)C1. The molecule has 1 fully saturated rings. The molecule has 1 heteroatoms. The molecule has 1 aromatic carbocycles. The lowest BCUT2D eigenvalue weighted by Crippen LogP contribution is -2.30. The predicted octanol–water partition coefficient (Wildman–Crippen LogP) is 2.99. The van der Waals surface area contributed by atoms with Crippen LogP contribution in [0.25, 0.3) is 0 Å². The van der Waals surface area contributed by atoms with Crippen molar-refractivity contribution in [2.24, 2.45) is 17.1 Å². The quantitative estimate of drug-likeness (QED) is 0.803. The third-order valence-corrected chi connectivity index (χ3v) is 3.80. The summed E-state index contributed by atoms with van der Waals surface area (Å²) >= 11 is 0. The van der Waals surface area contributed by atoms with E-state index < -0.39 is 0 Å². The van der Waals surface area contributed by atoms with Crippen LogP contribution < -0.4 is 5.73 Å². The Kier molecular flexibility index (Phi) is 3.11. The van der Waals surface area contributed by atoms with Crippen molar-refractivity contribution in [2.75, 3.05) is 6.54 Å². The molecule has 0 aromatic heterocycles. The van der Waals surface area contributed by atoms with Gasteiger partial charge in [-0.05, 0) is 42.7 Å². The highest BCUT2D eigenvalue weighted by Gasteiger charge is 2.35. The lowest BCUT2D eigenvalue weighted by molar-refractivity contribution is 0.295. The minimum atomic E-state index is 0.390. The van der Waals surface area contributed by atoms with Crippen molar-refractivity contribution < 1.29 is 0 Å². The molecule has 2 rings (SSSR count). The van der Waals surface area contributed by atoms with Crippen LogP contribution >= 0.6 is 0 Å². The fourth-order valence-electron chi connectivity index (χ4n) is 2.94. The maximum absolute atomic E-state index is 5.98. The molecule has 2 N–H and O–H groups in total. The molecule has 0 bridgehead atoms. The van der Waals surface area contributed by atoms with Crippen molar-refractivity contribution in [3.05, 3.63) is 35.9 Å². The second-order valence-corrected chi connectivity index (χ2v) is 5.21. The first-order valence-electron chi connectivity index (χ1n) is 5.98. The van der Waals surface area contributed by atoms with Crippen LogP contribution in [0.5, 0.6) is 0 Å². The summed E-state index contributed by atoms with van der Waals surface area (Å²) in [6, 6.07) is 10.8. The molecule has 82 valence electrons. The van der Waals surface area contributed by atoms with Gasteiger partial charge in [0.1, 0.15) is 0 Å². The molecule has 1 aromatic rings. The van der Waals surface area contributed by atoms with E-state index in [-0.39, 0.29) is 0 Å². The summed E-state index contributed by atoms with van der Waals surface area (Å²) < 4.78 is 0. The van der Waals surface area contributed by atoms with E-state index >= 15 is 0 Å². The highest BCUT2D eigenvalue weighted by molar-refractivity contribution is 5.17. The van der Waals surface area contributed by atoms with E-state index in [1.165, 1.54) is 24.8 Å². The molecule has 0 saturated heterocycles. The zero-order chi connectivity index (χ0) is 10.7. The molecule has 1 aliphatic rings. The number of hydrogen-bond acceptors (Lipinski definition) is 1. The average Bonchev–Trinajstić information content (AvgIpc) is 2.62. The maximum Gasteiger partial charge on any atom is -0.00172 e. The van der Waals surface area contributed by atoms with Gasteiger partial charge in [0.2, 0.25) is 0 Å². The third kappa shape index (κ3) is 2.40. The van der Waals surface area contributed by atoms with E-state index in [1.54, 1.807) is 0 Å². The van der Waals surface area contributed by atoms with Gasteiger partial charge in [-0.1, -0.05) is 43.7 Å². The summed E-state index contributed by atoms with van der Waals surface area (Å²) in [6.07, 6.45) is 5.12. The second kappa shape index (κ2) is 4.36. The van der Waals surface area contributed by atoms with Crippen LogP contribution in [0.2, 0.25) is 0 Å². The summed E-state index contributed by atoms with van der Waals surface area (Å²) in [7, 11) is 0. The summed E-state index contributed by atoms with van der Waals surface area (Å²) in [6.45, 7) is 3.19. The zero-order valence-corrected chi connectivity index (χ0v) is 9.58. The first-order valence-corrected chi connectivity index (χ1v) is 5.98. The molecular weight excluding hydrogens is 182 g/mol. The highest BCUT2D eigenvalue weighted by Crippen LogP contribution is 2.43. The lowest BCUT2D eigenvalue weighted by atomic mass is 9.79. The molecule has 2 unspecified atom stereocenters. The van der Waals surface area contributed by atoms with Crippen molar-refractivity contribution in [3.63, 3.8) is 0 Å². The van der Waals surface area contributed by atoms with Crippen molar-refractivity contribution >= 4 is 0 Å². The normalized spacial score (nSPS) is 30.7. The number of nitrogens with two attached hydrogens (primary N) is 1. The van der Waals surface area contributed by atoms with E-state index in [0.717, 1.165) is 18.9 Å². The summed E-state index contributed by atoms with van der Waals surface area (Å²) in [5.41, 5.74) is 7.81. The summed E-state index contributed by atoms with van der Waals surface area (Å²) in [5, 5.41) is 0. The maximum atomic E-state index is 5.98. The minimum Gasteiger partial charge on any atom is -0.330 e. The van der Waals surface area contributed by atoms with Gasteiger partial charge in [0, 0.05) is 0 Å². The van der Waals surface area contributed by atoms with Gasteiger partial charge in [0.05, 0.1) is 0 Å². The topological polar surface area (TPSA) is 26.0 Å². The van der Waals surface area contributed by atoms with Gasteiger partial charge in [-0.15, -0.1) is 0 Å². The van der Waals surface area contributed by atoms with Gasteiger partial charge in [-0.25, -0.2) is 0 Å². The standard InChI is InChI=1S/C14H21N/c1-12-7-8-14(9-12,11-15)10-13-5-3-2-4-6-13/h2-6,12H,7-11,15H2,1H3. The number of rotatable bonds is 3. The second-order valence-electron chi connectivity index (χ2n) is 5.21. The Morgan fingerprint density at radius 1 is 1.33 bits per heavy atom. The molecule has 0 radical (unpaired) electrons. The van der Waals surface area contributed by atoms with E-state index in [1.807, 2.05) is 0 Å². The van der Waals surface area contributed by atoms with Crippen molar-refractivity contribution in [1.82, 2.24) is 0 Å². The van der Waals surface area contributed by atoms with Crippen molar-refractivity contribution in [2.45, 2.75) is 32.6 Å². The molecule has 1 nitrogen and oxygen atoms in total. The Balaban J connectivity index is 2.09. The van der Waals surface area contributed by atoms with E-state index in [0.29, 0.717) is 5.41 Å². The summed E-state index contributed by atoms with van der Waals surface area (Å²) in [4.78, 5) is 0. The fourth-order valence-corrected chi connectivity index (χ4v) is 2.94. The monoisotopic (exact) mass is 203 g/mol. The minimum absolute atomic E-state index is 0.390. The number of hydrogen-bond donors (Lipinski definition) is 1. The Morgan fingerprint density at radius 2 is 2.07 bits per heavy atom. The highest BCUT2D eigenvalue weighted by atomic mass is 14.6. The largest absolute Gasteiger partial charge is 0.330 e. The summed E-state index contributed by atoms with van der Waals surface area (Å²) in [5.74, 6) is 0.859. The zero-order valence-electron chi connectivity index (χ0n) is 9.58. The Morgan fingerprint density at radius 3 is 2.60 bits per heavy atom. The van der Waals surface area contributed by atoms with Crippen LogP contribution in [0.4, 0.5) is 0 Å². The van der Waals surface area contributed by atoms with Crippen LogP contribution in [-0.2, 0) is 6.42 Å². The smallest absolute Gasteiger partial charge is 0.00172 e. The molecule has 0 spiro atoms. The van der Waals surface area contributed by atoms with Crippen molar-refractivity contribution in [1.29, 1.82) is 0 Å². The lowest BCUT2D eigenvalue weighted by Gasteiger charge is -2.27.